The molecule has 0 aliphatic carbocycles. The number of hydrazone groups is 1. The average Bonchev–Trinajstić information content (AvgIpc) is 3.31. The summed E-state index contributed by atoms with van der Waals surface area (Å²) in [5, 5.41) is 11.1. The van der Waals surface area contributed by atoms with Crippen molar-refractivity contribution in [2.24, 2.45) is 5.10 Å². The summed E-state index contributed by atoms with van der Waals surface area (Å²) in [4.78, 5) is 37.1. The lowest BCUT2D eigenvalue weighted by Gasteiger charge is -2.26. The number of hydrogen-bond donors (Lipinski definition) is 2. The summed E-state index contributed by atoms with van der Waals surface area (Å²) in [6.45, 7) is 1.99. The number of para-hydroxylation sites is 1. The maximum atomic E-state index is 13.2. The summed E-state index contributed by atoms with van der Waals surface area (Å²) in [6, 6.07) is 13.9. The zero-order valence-electron chi connectivity index (χ0n) is 19.0. The fraction of sp³-hybridized carbons (Fsp3) is 0.304. The van der Waals surface area contributed by atoms with E-state index in [4.69, 9.17) is 4.74 Å². The molecule has 1 fully saturated rings. The van der Waals surface area contributed by atoms with E-state index in [0.717, 1.165) is 4.31 Å². The molecular weight excluding hydrogens is 474 g/mol. The molecule has 4 rings (SSSR count). The van der Waals surface area contributed by atoms with Crippen LogP contribution in [0.4, 0.5) is 11.4 Å². The molecule has 0 spiro atoms. The van der Waals surface area contributed by atoms with Gasteiger partial charge in [0.1, 0.15) is 11.8 Å². The van der Waals surface area contributed by atoms with Crippen molar-refractivity contribution in [3.8, 4) is 0 Å². The SMILES string of the molecule is CCOC(=O)C1=NN(c2ccccc2)C(C(=O)Nc2cccc(S(=O)(=O)N3CCNC(=O)C3)c2)C1. The zero-order valence-corrected chi connectivity index (χ0v) is 19.8. The highest BCUT2D eigenvalue weighted by Crippen LogP contribution is 2.27. The van der Waals surface area contributed by atoms with Crippen LogP contribution in [0.25, 0.3) is 0 Å². The van der Waals surface area contributed by atoms with Gasteiger partial charge in [0.2, 0.25) is 21.8 Å². The highest BCUT2D eigenvalue weighted by atomic mass is 32.2. The van der Waals surface area contributed by atoms with Crippen molar-refractivity contribution in [3.63, 3.8) is 0 Å². The quantitative estimate of drug-likeness (QED) is 0.541. The number of nitrogens with one attached hydrogen (secondary N) is 2. The van der Waals surface area contributed by atoms with Crippen molar-refractivity contribution in [1.82, 2.24) is 9.62 Å². The predicted molar refractivity (Wildman–Crippen MR) is 128 cm³/mol. The van der Waals surface area contributed by atoms with Crippen molar-refractivity contribution in [2.45, 2.75) is 24.3 Å². The van der Waals surface area contributed by atoms with Crippen LogP contribution in [0, 0.1) is 0 Å². The highest BCUT2D eigenvalue weighted by molar-refractivity contribution is 7.89. The van der Waals surface area contributed by atoms with E-state index in [9.17, 15) is 22.8 Å². The van der Waals surface area contributed by atoms with Crippen LogP contribution in [0.5, 0.6) is 0 Å². The Morgan fingerprint density at radius 3 is 2.66 bits per heavy atom. The summed E-state index contributed by atoms with van der Waals surface area (Å²) < 4.78 is 32.1. The van der Waals surface area contributed by atoms with E-state index in [0.29, 0.717) is 5.69 Å². The molecule has 2 aromatic carbocycles. The number of piperazine rings is 1. The Bertz CT molecular complexity index is 1260. The number of anilines is 2. The molecule has 2 amide bonds. The highest BCUT2D eigenvalue weighted by Gasteiger charge is 2.37. The Balaban J connectivity index is 1.55. The van der Waals surface area contributed by atoms with E-state index in [1.807, 2.05) is 6.07 Å². The molecular formula is C23H25N5O6S. The van der Waals surface area contributed by atoms with Crippen LogP contribution < -0.4 is 15.6 Å². The summed E-state index contributed by atoms with van der Waals surface area (Å²) in [5.74, 6) is -1.44. The molecule has 0 radical (unpaired) electrons. The molecule has 2 aromatic rings. The Labute approximate surface area is 202 Å². The number of carbonyl (C=O) groups excluding carboxylic acids is 3. The molecule has 1 unspecified atom stereocenters. The Morgan fingerprint density at radius 2 is 1.94 bits per heavy atom. The Kier molecular flexibility index (Phi) is 7.12. The minimum Gasteiger partial charge on any atom is -0.461 e. The van der Waals surface area contributed by atoms with E-state index in [1.54, 1.807) is 37.3 Å². The standard InChI is InChI=1S/C23H25N5O6S/c1-2-34-23(31)19-14-20(28(26-19)17-8-4-3-5-9-17)22(30)25-16-7-6-10-18(13-16)35(32,33)27-12-11-24-21(29)15-27/h3-10,13,20H,2,11-12,14-15H2,1H3,(H,24,29)(H,25,30). The first-order chi connectivity index (χ1) is 16.8. The van der Waals surface area contributed by atoms with Crippen molar-refractivity contribution in [3.05, 3.63) is 54.6 Å². The lowest BCUT2D eigenvalue weighted by molar-refractivity contribution is -0.135. The third-order valence-electron chi connectivity index (χ3n) is 5.49. The van der Waals surface area contributed by atoms with Crippen LogP contribution in [-0.4, -0.2) is 68.5 Å². The maximum Gasteiger partial charge on any atom is 0.354 e. The molecule has 2 N–H and O–H groups in total. The lowest BCUT2D eigenvalue weighted by Crippen LogP contribution is -2.49. The molecule has 2 heterocycles. The minimum absolute atomic E-state index is 0.0282. The van der Waals surface area contributed by atoms with Gasteiger partial charge in [-0.05, 0) is 37.3 Å². The van der Waals surface area contributed by atoms with Crippen LogP contribution in [-0.2, 0) is 29.1 Å². The third-order valence-corrected chi connectivity index (χ3v) is 7.33. The van der Waals surface area contributed by atoms with Gasteiger partial charge < -0.3 is 15.4 Å². The predicted octanol–water partition coefficient (Wildman–Crippen LogP) is 0.944. The minimum atomic E-state index is -3.93. The molecule has 1 atom stereocenters. The van der Waals surface area contributed by atoms with Gasteiger partial charge >= 0.3 is 5.97 Å². The van der Waals surface area contributed by atoms with Gasteiger partial charge in [0.05, 0.1) is 23.7 Å². The molecule has 0 aromatic heterocycles. The van der Waals surface area contributed by atoms with E-state index in [-0.39, 0.29) is 54.9 Å². The first kappa shape index (κ1) is 24.4. The van der Waals surface area contributed by atoms with Crippen LogP contribution in [0.1, 0.15) is 13.3 Å². The van der Waals surface area contributed by atoms with Gasteiger partial charge in [0.25, 0.3) is 0 Å². The van der Waals surface area contributed by atoms with E-state index in [2.05, 4.69) is 15.7 Å². The Hall–Kier alpha value is -3.77. The smallest absolute Gasteiger partial charge is 0.354 e. The molecule has 0 saturated carbocycles. The molecule has 12 heteroatoms. The van der Waals surface area contributed by atoms with E-state index >= 15 is 0 Å². The van der Waals surface area contributed by atoms with Crippen molar-refractivity contribution in [2.75, 3.05) is 36.6 Å². The number of carbonyl (C=O) groups is 3. The first-order valence-corrected chi connectivity index (χ1v) is 12.5. The largest absolute Gasteiger partial charge is 0.461 e. The number of sulfonamides is 1. The molecule has 184 valence electrons. The summed E-state index contributed by atoms with van der Waals surface area (Å²) in [6.07, 6.45) is 0.0282. The van der Waals surface area contributed by atoms with Crippen LogP contribution in [0.2, 0.25) is 0 Å². The van der Waals surface area contributed by atoms with Crippen molar-refractivity contribution in [1.29, 1.82) is 0 Å². The zero-order chi connectivity index (χ0) is 25.0. The van der Waals surface area contributed by atoms with Gasteiger partial charge in [-0.15, -0.1) is 0 Å². The summed E-state index contributed by atoms with van der Waals surface area (Å²) in [7, 11) is -3.93. The average molecular weight is 500 g/mol. The number of ether oxygens (including phenoxy) is 1. The van der Waals surface area contributed by atoms with Gasteiger partial charge in [-0.1, -0.05) is 24.3 Å². The molecule has 0 bridgehead atoms. The van der Waals surface area contributed by atoms with Gasteiger partial charge in [0.15, 0.2) is 0 Å². The fourth-order valence-corrected chi connectivity index (χ4v) is 5.24. The summed E-state index contributed by atoms with van der Waals surface area (Å²) in [5.41, 5.74) is 0.998. The Morgan fingerprint density at radius 1 is 1.17 bits per heavy atom. The molecule has 1 saturated heterocycles. The van der Waals surface area contributed by atoms with Crippen molar-refractivity contribution >= 4 is 44.9 Å². The second-order valence-electron chi connectivity index (χ2n) is 7.87. The number of amides is 2. The lowest BCUT2D eigenvalue weighted by atomic mass is 10.1. The van der Waals surface area contributed by atoms with E-state index in [1.165, 1.54) is 23.2 Å². The second kappa shape index (κ2) is 10.2. The van der Waals surface area contributed by atoms with Gasteiger partial charge in [-0.25, -0.2) is 13.2 Å². The fourth-order valence-electron chi connectivity index (χ4n) is 3.80. The number of benzene rings is 2. The van der Waals surface area contributed by atoms with Crippen LogP contribution >= 0.6 is 0 Å². The monoisotopic (exact) mass is 499 g/mol. The molecule has 35 heavy (non-hydrogen) atoms. The maximum absolute atomic E-state index is 13.2. The number of rotatable bonds is 7. The molecule has 2 aliphatic rings. The summed E-state index contributed by atoms with van der Waals surface area (Å²) >= 11 is 0. The van der Waals surface area contributed by atoms with Crippen LogP contribution in [0.15, 0.2) is 64.6 Å². The van der Waals surface area contributed by atoms with E-state index < -0.39 is 27.9 Å². The van der Waals surface area contributed by atoms with Gasteiger partial charge in [-0.2, -0.15) is 9.41 Å². The van der Waals surface area contributed by atoms with Gasteiger partial charge in [0, 0.05) is 25.2 Å². The number of nitrogens with zero attached hydrogens (tertiary/aromatic N) is 3. The molecule has 2 aliphatic heterocycles. The molecule has 11 nitrogen and oxygen atoms in total. The third kappa shape index (κ3) is 5.33. The second-order valence-corrected chi connectivity index (χ2v) is 9.81. The normalized spacial score (nSPS) is 18.5. The van der Waals surface area contributed by atoms with Crippen molar-refractivity contribution < 1.29 is 27.5 Å². The van der Waals surface area contributed by atoms with Gasteiger partial charge in [-0.3, -0.25) is 14.6 Å². The van der Waals surface area contributed by atoms with Crippen LogP contribution in [0.3, 0.4) is 0 Å². The first-order valence-electron chi connectivity index (χ1n) is 11.1. The number of esters is 1. The topological polar surface area (TPSA) is 137 Å². The number of hydrogen-bond acceptors (Lipinski definition) is 8.